The maximum absolute atomic E-state index is 13.2. The highest BCUT2D eigenvalue weighted by Crippen LogP contribution is 2.47. The monoisotopic (exact) mass is 611 g/mol. The number of nitrogens with one attached hydrogen (secondary N) is 1. The molecule has 228 valence electrons. The van der Waals surface area contributed by atoms with E-state index in [1.807, 2.05) is 25.1 Å². The van der Waals surface area contributed by atoms with Crippen LogP contribution in [0.2, 0.25) is 0 Å². The first-order valence-electron chi connectivity index (χ1n) is 13.7. The lowest BCUT2D eigenvalue weighted by atomic mass is 9.89. The molecule has 5 rings (SSSR count). The number of rotatable bonds is 8. The van der Waals surface area contributed by atoms with Gasteiger partial charge in [0.15, 0.2) is 0 Å². The van der Waals surface area contributed by atoms with Crippen molar-refractivity contribution in [2.75, 3.05) is 50.0 Å². The van der Waals surface area contributed by atoms with Crippen molar-refractivity contribution in [2.24, 2.45) is 4.99 Å². The van der Waals surface area contributed by atoms with E-state index in [0.29, 0.717) is 44.9 Å². The van der Waals surface area contributed by atoms with Crippen molar-refractivity contribution in [3.05, 3.63) is 64.7 Å². The minimum Gasteiger partial charge on any atom is -0.395 e. The molecule has 3 aliphatic heterocycles. The standard InChI is InChI=1S/C28H34F3N5O5S/c1-19-17-23(36-13-12-34(14-15-37)26(36)39)6-5-20(19)7-16-42(40,41)35-10-8-27(9-11-35)25(38)32-24(33-27)21-3-2-4-22(18-21)28(29,30)31/h2-6,17-18,37,40-41H,7-16H2,1H3,(H,32,33,38)/p+2. The Labute approximate surface area is 243 Å². The van der Waals surface area contributed by atoms with Gasteiger partial charge in [0.25, 0.3) is 5.91 Å². The van der Waals surface area contributed by atoms with E-state index >= 15 is 0 Å². The fourth-order valence-corrected chi connectivity index (χ4v) is 7.25. The number of amidine groups is 1. The van der Waals surface area contributed by atoms with Crippen LogP contribution in [0.15, 0.2) is 47.5 Å². The summed E-state index contributed by atoms with van der Waals surface area (Å²) < 4.78 is 59.0. The number of anilines is 1. The van der Waals surface area contributed by atoms with E-state index in [9.17, 15) is 22.8 Å². The lowest BCUT2D eigenvalue weighted by Crippen LogP contribution is -2.49. The molecule has 3 aliphatic rings. The molecule has 0 bridgehead atoms. The summed E-state index contributed by atoms with van der Waals surface area (Å²) in [5.74, 6) is 0.0558. The van der Waals surface area contributed by atoms with Gasteiger partial charge >= 0.3 is 12.2 Å². The number of aliphatic hydroxyl groups excluding tert-OH is 1. The van der Waals surface area contributed by atoms with Crippen LogP contribution in [0.5, 0.6) is 0 Å². The zero-order chi connectivity index (χ0) is 30.3. The van der Waals surface area contributed by atoms with Crippen molar-refractivity contribution in [3.63, 3.8) is 0 Å². The average Bonchev–Trinajstić information content (AvgIpc) is 3.47. The lowest BCUT2D eigenvalue weighted by Gasteiger charge is -2.41. The van der Waals surface area contributed by atoms with Crippen molar-refractivity contribution in [1.82, 2.24) is 14.5 Å². The zero-order valence-corrected chi connectivity index (χ0v) is 24.0. The number of urea groups is 1. The van der Waals surface area contributed by atoms with E-state index in [1.54, 1.807) is 14.1 Å². The summed E-state index contributed by atoms with van der Waals surface area (Å²) in [7, 11) is -2.66. The molecule has 0 aliphatic carbocycles. The Morgan fingerprint density at radius 1 is 1.07 bits per heavy atom. The average molecular weight is 612 g/mol. The molecule has 10 nitrogen and oxygen atoms in total. The maximum Gasteiger partial charge on any atom is 0.416 e. The largest absolute Gasteiger partial charge is 0.416 e. The molecular formula is C28H36F3N5O5S+2. The minimum absolute atomic E-state index is 0.0822. The summed E-state index contributed by atoms with van der Waals surface area (Å²) in [6.07, 6.45) is -3.44. The van der Waals surface area contributed by atoms with Crippen LogP contribution in [-0.2, 0) is 17.4 Å². The molecular weight excluding hydrogens is 575 g/mol. The Morgan fingerprint density at radius 2 is 1.81 bits per heavy atom. The second-order valence-electron chi connectivity index (χ2n) is 10.9. The van der Waals surface area contributed by atoms with Crippen molar-refractivity contribution >= 4 is 34.2 Å². The quantitative estimate of drug-likeness (QED) is 0.443. The van der Waals surface area contributed by atoms with Gasteiger partial charge in [0, 0.05) is 61.2 Å². The van der Waals surface area contributed by atoms with Crippen LogP contribution < -0.4 is 10.2 Å². The molecule has 0 radical (unpaired) electrons. The number of amides is 3. The van der Waals surface area contributed by atoms with Gasteiger partial charge in [-0.25, -0.2) is 4.79 Å². The molecule has 0 atom stereocenters. The van der Waals surface area contributed by atoms with Crippen molar-refractivity contribution in [3.8, 4) is 0 Å². The summed E-state index contributed by atoms with van der Waals surface area (Å²) in [5, 5.41) is 11.8. The minimum atomic E-state index is -4.51. The van der Waals surface area contributed by atoms with Gasteiger partial charge in [-0.05, 0) is 55.2 Å². The summed E-state index contributed by atoms with van der Waals surface area (Å²) in [5.41, 5.74) is 1.00. The van der Waals surface area contributed by atoms with E-state index in [1.165, 1.54) is 12.1 Å². The predicted molar refractivity (Wildman–Crippen MR) is 156 cm³/mol. The number of halogens is 3. The fourth-order valence-electron chi connectivity index (χ4n) is 5.67. The summed E-state index contributed by atoms with van der Waals surface area (Å²) >= 11 is 0. The SMILES string of the molecule is Cc1cc(N2CCN(CCO)C2=O)ccc1CCS([OH2+])([OH2+])N1CCC2(CC1)N=C(c1cccc(C(F)(F)F)c1)NC2=O. The first-order chi connectivity index (χ1) is 19.8. The highest BCUT2D eigenvalue weighted by molar-refractivity contribution is 8.22. The molecule has 1 spiro atoms. The second-order valence-corrected chi connectivity index (χ2v) is 13.2. The smallest absolute Gasteiger partial charge is 0.395 e. The Bertz CT molecular complexity index is 1390. The molecule has 3 heterocycles. The van der Waals surface area contributed by atoms with Gasteiger partial charge in [0.05, 0.1) is 12.2 Å². The highest BCUT2D eigenvalue weighted by Gasteiger charge is 2.49. The number of hydrogen-bond acceptors (Lipinski definition) is 5. The van der Waals surface area contributed by atoms with Gasteiger partial charge in [0.2, 0.25) is 0 Å². The van der Waals surface area contributed by atoms with Crippen LogP contribution in [0.3, 0.4) is 0 Å². The topological polar surface area (TPSA) is 134 Å². The van der Waals surface area contributed by atoms with Gasteiger partial charge < -0.3 is 15.3 Å². The molecule has 14 heteroatoms. The zero-order valence-electron chi connectivity index (χ0n) is 23.2. The van der Waals surface area contributed by atoms with Gasteiger partial charge in [0.1, 0.15) is 17.1 Å². The number of hydrogen-bond donors (Lipinski definition) is 2. The van der Waals surface area contributed by atoms with Crippen LogP contribution >= 0.6 is 10.8 Å². The summed E-state index contributed by atoms with van der Waals surface area (Å²) in [4.78, 5) is 33.3. The van der Waals surface area contributed by atoms with E-state index in [2.05, 4.69) is 10.3 Å². The number of alkyl halides is 3. The van der Waals surface area contributed by atoms with Crippen LogP contribution in [-0.4, -0.2) is 91.8 Å². The number of nitrogens with zero attached hydrogens (tertiary/aromatic N) is 4. The van der Waals surface area contributed by atoms with E-state index in [0.717, 1.165) is 28.9 Å². The Hall–Kier alpha value is -3.17. The lowest BCUT2D eigenvalue weighted by molar-refractivity contribution is -0.137. The molecule has 2 aromatic carbocycles. The fraction of sp³-hybridized carbons (Fsp3) is 0.464. The van der Waals surface area contributed by atoms with E-state index in [4.69, 9.17) is 14.2 Å². The number of benzene rings is 2. The molecule has 42 heavy (non-hydrogen) atoms. The third kappa shape index (κ3) is 5.99. The second kappa shape index (κ2) is 11.5. The van der Waals surface area contributed by atoms with Crippen LogP contribution in [0, 0.1) is 6.92 Å². The first kappa shape index (κ1) is 30.3. The molecule has 0 aromatic heterocycles. The van der Waals surface area contributed by atoms with Gasteiger partial charge in [-0.15, -0.1) is 4.31 Å². The predicted octanol–water partition coefficient (Wildman–Crippen LogP) is 2.20. The summed E-state index contributed by atoms with van der Waals surface area (Å²) in [6.45, 7) is 3.89. The van der Waals surface area contributed by atoms with Crippen molar-refractivity contribution in [2.45, 2.75) is 37.9 Å². The van der Waals surface area contributed by atoms with Crippen molar-refractivity contribution in [1.29, 1.82) is 0 Å². The molecule has 2 aromatic rings. The third-order valence-corrected chi connectivity index (χ3v) is 10.2. The van der Waals surface area contributed by atoms with Crippen LogP contribution in [0.4, 0.5) is 23.7 Å². The molecule has 0 unspecified atom stereocenters. The normalized spacial score (nSPS) is 19.9. The van der Waals surface area contributed by atoms with Gasteiger partial charge in [-0.3, -0.25) is 23.8 Å². The summed E-state index contributed by atoms with van der Waals surface area (Å²) in [6, 6.07) is 10.3. The molecule has 0 saturated carbocycles. The van der Waals surface area contributed by atoms with E-state index < -0.39 is 28.1 Å². The number of aliphatic hydroxyl groups is 1. The van der Waals surface area contributed by atoms with Crippen LogP contribution in [0.1, 0.15) is 35.1 Å². The molecule has 3 amide bonds. The maximum atomic E-state index is 13.2. The highest BCUT2D eigenvalue weighted by atomic mass is 32.3. The van der Waals surface area contributed by atoms with E-state index in [-0.39, 0.29) is 42.8 Å². The number of carbonyl (C=O) groups is 2. The third-order valence-electron chi connectivity index (χ3n) is 8.20. The first-order valence-corrected chi connectivity index (χ1v) is 15.5. The number of aliphatic imine (C=N–C) groups is 1. The van der Waals surface area contributed by atoms with Crippen molar-refractivity contribution < 1.29 is 37.0 Å². The number of β-amino-alcohol motifs (C(OH)–C–C–N with tert-alkyl or cyclic N) is 1. The number of piperidine rings is 1. The Kier molecular flexibility index (Phi) is 8.29. The van der Waals surface area contributed by atoms with Gasteiger partial charge in [-0.2, -0.15) is 13.2 Å². The molecule has 2 saturated heterocycles. The molecule has 2 fully saturated rings. The van der Waals surface area contributed by atoms with Crippen LogP contribution in [0.25, 0.3) is 0 Å². The van der Waals surface area contributed by atoms with Gasteiger partial charge in [-0.1, -0.05) is 18.2 Å². The number of aryl methyl sites for hydroxylation is 2. The Balaban J connectivity index is 1.20. The Morgan fingerprint density at radius 3 is 2.48 bits per heavy atom. The number of carbonyl (C=O) groups excluding carboxylic acids is 2. The molecule has 6 N–H and O–H groups in total.